The minimum absolute atomic E-state index is 0.0916. The zero-order valence-electron chi connectivity index (χ0n) is 19.8. The van der Waals surface area contributed by atoms with Gasteiger partial charge < -0.3 is 14.6 Å². The second-order valence-corrected chi connectivity index (χ2v) is 11.9. The topological polar surface area (TPSA) is 55.8 Å². The third-order valence-electron chi connectivity index (χ3n) is 10.5. The smallest absolute Gasteiger partial charge is 0.309 e. The number of carboxylic acids is 1. The Morgan fingerprint density at radius 3 is 2.42 bits per heavy atom. The summed E-state index contributed by atoms with van der Waals surface area (Å²) in [4.78, 5) is 12.4. The van der Waals surface area contributed by atoms with Crippen molar-refractivity contribution in [1.82, 2.24) is 0 Å². The highest BCUT2D eigenvalue weighted by Gasteiger charge is 2.67. The Hall–Kier alpha value is -1.71. The third-order valence-corrected chi connectivity index (χ3v) is 10.5. The molecule has 31 heavy (non-hydrogen) atoms. The van der Waals surface area contributed by atoms with Gasteiger partial charge in [-0.2, -0.15) is 0 Å². The van der Waals surface area contributed by atoms with Crippen molar-refractivity contribution in [3.63, 3.8) is 0 Å². The molecule has 0 radical (unpaired) electrons. The van der Waals surface area contributed by atoms with Gasteiger partial charge in [-0.25, -0.2) is 0 Å². The minimum atomic E-state index is -0.588. The lowest BCUT2D eigenvalue weighted by Crippen LogP contribution is -2.65. The Balaban J connectivity index is 1.54. The van der Waals surface area contributed by atoms with Crippen molar-refractivity contribution in [3.05, 3.63) is 23.8 Å². The molecule has 0 aromatic heterocycles. The largest absolute Gasteiger partial charge is 0.497 e. The van der Waals surface area contributed by atoms with Crippen LogP contribution in [0.3, 0.4) is 0 Å². The number of rotatable bonds is 2. The zero-order chi connectivity index (χ0) is 22.2. The third kappa shape index (κ3) is 2.75. The van der Waals surface area contributed by atoms with Gasteiger partial charge in [-0.05, 0) is 105 Å². The standard InChI is InChI=1S/C27H38O4/c1-24-11-6-12-26(3,23(28)29)21(24)9-13-25(2)20(24)10-14-27(4)22(25)16-17-15-18(30-5)7-8-19(17)31-27/h7-8,15,20-22H,6,9-14,16H2,1-5H3,(H,28,29)/t20-,21-,22+,24-,25-,26+,27+/m1/s1. The fraction of sp³-hybridized carbons (Fsp3) is 0.741. The van der Waals surface area contributed by atoms with Crippen LogP contribution in [0.5, 0.6) is 11.5 Å². The molecule has 7 atom stereocenters. The molecule has 170 valence electrons. The fourth-order valence-corrected chi connectivity index (χ4v) is 8.98. The highest BCUT2D eigenvalue weighted by Crippen LogP contribution is 2.70. The summed E-state index contributed by atoms with van der Waals surface area (Å²) in [6, 6.07) is 6.22. The molecule has 1 heterocycles. The van der Waals surface area contributed by atoms with Gasteiger partial charge in [0.25, 0.3) is 0 Å². The molecular formula is C27H38O4. The first kappa shape index (κ1) is 21.2. The van der Waals surface area contributed by atoms with Gasteiger partial charge in [-0.1, -0.05) is 20.3 Å². The molecule has 4 nitrogen and oxygen atoms in total. The number of methoxy groups -OCH3 is 1. The average molecular weight is 427 g/mol. The summed E-state index contributed by atoms with van der Waals surface area (Å²) in [5, 5.41) is 10.2. The Morgan fingerprint density at radius 1 is 1.00 bits per heavy atom. The molecule has 1 aromatic rings. The number of aliphatic carboxylic acids is 1. The van der Waals surface area contributed by atoms with E-state index in [2.05, 4.69) is 32.9 Å². The number of carboxylic acid groups (broad SMARTS) is 1. The highest BCUT2D eigenvalue weighted by molar-refractivity contribution is 5.75. The van der Waals surface area contributed by atoms with Crippen LogP contribution in [-0.2, 0) is 11.2 Å². The number of fused-ring (bicyclic) bond motifs is 6. The lowest BCUT2D eigenvalue weighted by Gasteiger charge is -2.68. The first-order valence-electron chi connectivity index (χ1n) is 12.2. The number of hydrogen-bond donors (Lipinski definition) is 1. The van der Waals surface area contributed by atoms with Crippen LogP contribution in [0.2, 0.25) is 0 Å². The summed E-state index contributed by atoms with van der Waals surface area (Å²) in [5.41, 5.74) is 0.776. The van der Waals surface area contributed by atoms with Crippen LogP contribution in [0.15, 0.2) is 18.2 Å². The van der Waals surface area contributed by atoms with Gasteiger partial charge >= 0.3 is 5.97 Å². The SMILES string of the molecule is COc1ccc2c(c1)C[C@H]1[C@]3(C)CC[C@@H]4[C@](C)(CCC[C@]4(C)C(=O)O)[C@H]3CC[C@]1(C)O2. The highest BCUT2D eigenvalue weighted by atomic mass is 16.5. The van der Waals surface area contributed by atoms with Crippen LogP contribution in [0, 0.1) is 34.0 Å². The van der Waals surface area contributed by atoms with Gasteiger partial charge in [0.05, 0.1) is 12.5 Å². The fourth-order valence-electron chi connectivity index (χ4n) is 8.98. The van der Waals surface area contributed by atoms with Gasteiger partial charge in [0.2, 0.25) is 0 Å². The van der Waals surface area contributed by atoms with E-state index in [-0.39, 0.29) is 22.3 Å². The van der Waals surface area contributed by atoms with Gasteiger partial charge in [0.1, 0.15) is 17.1 Å². The van der Waals surface area contributed by atoms with E-state index in [4.69, 9.17) is 9.47 Å². The normalized spacial score (nSPS) is 45.9. The van der Waals surface area contributed by atoms with Crippen molar-refractivity contribution in [2.45, 2.75) is 84.7 Å². The number of ether oxygens (including phenoxy) is 2. The van der Waals surface area contributed by atoms with E-state index in [0.29, 0.717) is 11.8 Å². The predicted molar refractivity (Wildman–Crippen MR) is 120 cm³/mol. The summed E-state index contributed by atoms with van der Waals surface area (Å²) in [6.07, 6.45) is 8.34. The molecule has 3 fully saturated rings. The summed E-state index contributed by atoms with van der Waals surface area (Å²) >= 11 is 0. The van der Waals surface area contributed by atoms with E-state index in [9.17, 15) is 9.90 Å². The van der Waals surface area contributed by atoms with E-state index < -0.39 is 11.4 Å². The zero-order valence-corrected chi connectivity index (χ0v) is 19.8. The lowest BCUT2D eigenvalue weighted by molar-refractivity contribution is -0.214. The van der Waals surface area contributed by atoms with E-state index in [1.165, 1.54) is 5.56 Å². The summed E-state index contributed by atoms with van der Waals surface area (Å²) < 4.78 is 12.2. The van der Waals surface area contributed by atoms with Crippen molar-refractivity contribution < 1.29 is 19.4 Å². The van der Waals surface area contributed by atoms with E-state index >= 15 is 0 Å². The van der Waals surface area contributed by atoms with Crippen LogP contribution in [0.4, 0.5) is 0 Å². The van der Waals surface area contributed by atoms with Crippen LogP contribution < -0.4 is 9.47 Å². The predicted octanol–water partition coefficient (Wildman–Crippen LogP) is 6.11. The molecule has 1 N–H and O–H groups in total. The molecule has 4 aliphatic rings. The molecule has 3 saturated carbocycles. The molecule has 0 unspecified atom stereocenters. The second-order valence-electron chi connectivity index (χ2n) is 11.9. The molecule has 0 saturated heterocycles. The lowest BCUT2D eigenvalue weighted by atomic mass is 9.37. The molecule has 1 aromatic carbocycles. The Kier molecular flexibility index (Phi) is 4.54. The van der Waals surface area contributed by atoms with Crippen molar-refractivity contribution in [2.24, 2.45) is 34.0 Å². The molecular weight excluding hydrogens is 388 g/mol. The van der Waals surface area contributed by atoms with Crippen molar-refractivity contribution >= 4 is 5.97 Å². The molecule has 0 spiro atoms. The maximum Gasteiger partial charge on any atom is 0.309 e. The summed E-state index contributed by atoms with van der Waals surface area (Å²) in [6.45, 7) is 9.29. The van der Waals surface area contributed by atoms with Crippen LogP contribution in [0.1, 0.15) is 78.2 Å². The Morgan fingerprint density at radius 2 is 1.71 bits per heavy atom. The monoisotopic (exact) mass is 426 g/mol. The maximum absolute atomic E-state index is 12.4. The Labute approximate surface area is 186 Å². The molecule has 5 rings (SSSR count). The first-order valence-corrected chi connectivity index (χ1v) is 12.2. The molecule has 3 aliphatic carbocycles. The number of carbonyl (C=O) groups is 1. The summed E-state index contributed by atoms with van der Waals surface area (Å²) in [7, 11) is 1.72. The quantitative estimate of drug-likeness (QED) is 0.620. The first-order chi connectivity index (χ1) is 14.6. The molecule has 1 aliphatic heterocycles. The van der Waals surface area contributed by atoms with Crippen LogP contribution in [0.25, 0.3) is 0 Å². The van der Waals surface area contributed by atoms with Gasteiger partial charge in [0, 0.05) is 5.92 Å². The van der Waals surface area contributed by atoms with Crippen molar-refractivity contribution in [1.29, 1.82) is 0 Å². The van der Waals surface area contributed by atoms with Crippen LogP contribution >= 0.6 is 0 Å². The number of hydrogen-bond acceptors (Lipinski definition) is 3. The van der Waals surface area contributed by atoms with Gasteiger partial charge in [-0.15, -0.1) is 0 Å². The van der Waals surface area contributed by atoms with Crippen molar-refractivity contribution in [2.75, 3.05) is 7.11 Å². The van der Waals surface area contributed by atoms with E-state index in [0.717, 1.165) is 62.9 Å². The van der Waals surface area contributed by atoms with E-state index in [1.54, 1.807) is 7.11 Å². The van der Waals surface area contributed by atoms with Gasteiger partial charge in [0.15, 0.2) is 0 Å². The Bertz CT molecular complexity index is 910. The molecule has 4 heteroatoms. The molecule has 0 bridgehead atoms. The molecule has 0 amide bonds. The average Bonchev–Trinajstić information content (AvgIpc) is 2.71. The van der Waals surface area contributed by atoms with E-state index in [1.807, 2.05) is 13.0 Å². The maximum atomic E-state index is 12.4. The summed E-state index contributed by atoms with van der Waals surface area (Å²) in [5.74, 6) is 2.57. The van der Waals surface area contributed by atoms with Crippen molar-refractivity contribution in [3.8, 4) is 11.5 Å². The minimum Gasteiger partial charge on any atom is -0.497 e. The van der Waals surface area contributed by atoms with Gasteiger partial charge in [-0.3, -0.25) is 4.79 Å². The number of benzene rings is 1. The van der Waals surface area contributed by atoms with Crippen LogP contribution in [-0.4, -0.2) is 23.8 Å². The second kappa shape index (κ2) is 6.65.